The number of rotatable bonds is 4. The molecule has 23 heavy (non-hydrogen) atoms. The molecule has 3 rings (SSSR count). The van der Waals surface area contributed by atoms with E-state index in [4.69, 9.17) is 9.47 Å². The first-order valence-electron chi connectivity index (χ1n) is 8.05. The first kappa shape index (κ1) is 15.6. The van der Waals surface area contributed by atoms with Crippen LogP contribution in [-0.4, -0.2) is 49.1 Å². The average molecular weight is 318 g/mol. The van der Waals surface area contributed by atoms with Crippen molar-refractivity contribution in [3.63, 3.8) is 0 Å². The van der Waals surface area contributed by atoms with Crippen LogP contribution in [0.4, 0.5) is 0 Å². The van der Waals surface area contributed by atoms with E-state index in [1.165, 1.54) is 0 Å². The van der Waals surface area contributed by atoms with Gasteiger partial charge in [-0.2, -0.15) is 0 Å². The molecule has 2 aliphatic rings. The summed E-state index contributed by atoms with van der Waals surface area (Å²) >= 11 is 0. The van der Waals surface area contributed by atoms with Gasteiger partial charge in [-0.25, -0.2) is 0 Å². The largest absolute Gasteiger partial charge is 0.493 e. The Morgan fingerprint density at radius 1 is 1.17 bits per heavy atom. The van der Waals surface area contributed by atoms with Crippen molar-refractivity contribution >= 4 is 11.8 Å². The molecule has 0 saturated carbocycles. The summed E-state index contributed by atoms with van der Waals surface area (Å²) in [4.78, 5) is 25.4. The second-order valence-electron chi connectivity index (χ2n) is 5.95. The van der Waals surface area contributed by atoms with Crippen molar-refractivity contribution in [2.24, 2.45) is 0 Å². The molecular weight excluding hydrogens is 296 g/mol. The monoisotopic (exact) mass is 318 g/mol. The Labute approximate surface area is 135 Å². The van der Waals surface area contributed by atoms with Crippen LogP contribution in [0.2, 0.25) is 0 Å². The van der Waals surface area contributed by atoms with E-state index in [9.17, 15) is 9.59 Å². The highest BCUT2D eigenvalue weighted by Gasteiger charge is 2.33. The van der Waals surface area contributed by atoms with Crippen molar-refractivity contribution in [3.05, 3.63) is 24.3 Å². The zero-order valence-corrected chi connectivity index (χ0v) is 13.3. The highest BCUT2D eigenvalue weighted by atomic mass is 16.5. The Balaban J connectivity index is 1.52. The molecule has 0 aromatic heterocycles. The third-order valence-corrected chi connectivity index (χ3v) is 4.41. The molecule has 1 atom stereocenters. The topological polar surface area (TPSA) is 67.9 Å². The van der Waals surface area contributed by atoms with Crippen molar-refractivity contribution in [2.75, 3.05) is 20.2 Å². The molecule has 0 radical (unpaired) electrons. The number of hydrogen-bond donors (Lipinski definition) is 1. The highest BCUT2D eigenvalue weighted by molar-refractivity contribution is 5.90. The number of nitrogens with one attached hydrogen (secondary N) is 1. The fraction of sp³-hybridized carbons (Fsp3) is 0.529. The number of ether oxygens (including phenoxy) is 2. The maximum absolute atomic E-state index is 12.4. The molecule has 2 saturated heterocycles. The van der Waals surface area contributed by atoms with Gasteiger partial charge in [-0.1, -0.05) is 12.1 Å². The second-order valence-corrected chi connectivity index (χ2v) is 5.95. The minimum atomic E-state index is -0.339. The average Bonchev–Trinajstić information content (AvgIpc) is 3.02. The van der Waals surface area contributed by atoms with Gasteiger partial charge >= 0.3 is 0 Å². The summed E-state index contributed by atoms with van der Waals surface area (Å²) < 4.78 is 11.3. The Morgan fingerprint density at radius 3 is 2.48 bits per heavy atom. The summed E-state index contributed by atoms with van der Waals surface area (Å²) in [6, 6.07) is 7.25. The van der Waals surface area contributed by atoms with Crippen LogP contribution in [0.1, 0.15) is 25.7 Å². The van der Waals surface area contributed by atoms with E-state index in [-0.39, 0.29) is 24.0 Å². The molecule has 0 unspecified atom stereocenters. The number of benzene rings is 1. The van der Waals surface area contributed by atoms with E-state index in [1.54, 1.807) is 7.11 Å². The number of piperidine rings is 1. The lowest BCUT2D eigenvalue weighted by atomic mass is 10.1. The first-order valence-corrected chi connectivity index (χ1v) is 8.05. The molecule has 0 aliphatic carbocycles. The summed E-state index contributed by atoms with van der Waals surface area (Å²) in [6.07, 6.45) is 2.70. The van der Waals surface area contributed by atoms with E-state index < -0.39 is 0 Å². The quantitative estimate of drug-likeness (QED) is 0.910. The lowest BCUT2D eigenvalue weighted by Gasteiger charge is -2.33. The molecule has 1 N–H and O–H groups in total. The van der Waals surface area contributed by atoms with E-state index in [0.717, 1.165) is 24.3 Å². The number of para-hydroxylation sites is 2. The van der Waals surface area contributed by atoms with E-state index in [2.05, 4.69) is 5.32 Å². The highest BCUT2D eigenvalue weighted by Crippen LogP contribution is 2.29. The number of carbonyl (C=O) groups excluding carboxylic acids is 2. The van der Waals surface area contributed by atoms with Crippen LogP contribution in [0.5, 0.6) is 11.5 Å². The molecule has 2 heterocycles. The zero-order chi connectivity index (χ0) is 16.2. The Hall–Kier alpha value is -2.24. The molecule has 6 nitrogen and oxygen atoms in total. The number of amides is 2. The van der Waals surface area contributed by atoms with Gasteiger partial charge < -0.3 is 19.7 Å². The molecule has 2 fully saturated rings. The summed E-state index contributed by atoms with van der Waals surface area (Å²) in [5, 5.41) is 2.74. The predicted molar refractivity (Wildman–Crippen MR) is 84.4 cm³/mol. The van der Waals surface area contributed by atoms with Crippen molar-refractivity contribution < 1.29 is 19.1 Å². The normalized spacial score (nSPS) is 21.9. The lowest BCUT2D eigenvalue weighted by Crippen LogP contribution is -2.49. The van der Waals surface area contributed by atoms with E-state index in [1.807, 2.05) is 29.2 Å². The number of carbonyl (C=O) groups is 2. The summed E-state index contributed by atoms with van der Waals surface area (Å²) in [7, 11) is 1.62. The van der Waals surface area contributed by atoms with E-state index in [0.29, 0.717) is 25.9 Å². The van der Waals surface area contributed by atoms with Crippen LogP contribution >= 0.6 is 0 Å². The first-order chi connectivity index (χ1) is 11.2. The maximum Gasteiger partial charge on any atom is 0.245 e. The Kier molecular flexibility index (Phi) is 4.69. The lowest BCUT2D eigenvalue weighted by molar-refractivity contribution is -0.136. The third-order valence-electron chi connectivity index (χ3n) is 4.41. The molecular formula is C17H22N2O4. The minimum Gasteiger partial charge on any atom is -0.493 e. The van der Waals surface area contributed by atoms with E-state index >= 15 is 0 Å². The van der Waals surface area contributed by atoms with Gasteiger partial charge in [0.05, 0.1) is 7.11 Å². The number of hydrogen-bond acceptors (Lipinski definition) is 4. The van der Waals surface area contributed by atoms with Crippen molar-refractivity contribution in [3.8, 4) is 11.5 Å². The van der Waals surface area contributed by atoms with Gasteiger partial charge in [0.15, 0.2) is 11.5 Å². The summed E-state index contributed by atoms with van der Waals surface area (Å²) in [6.45, 7) is 1.32. The predicted octanol–water partition coefficient (Wildman–Crippen LogP) is 1.34. The smallest absolute Gasteiger partial charge is 0.245 e. The van der Waals surface area contributed by atoms with Gasteiger partial charge in [-0.3, -0.25) is 9.59 Å². The van der Waals surface area contributed by atoms with Gasteiger partial charge in [0.1, 0.15) is 12.1 Å². The Morgan fingerprint density at radius 2 is 1.87 bits per heavy atom. The van der Waals surface area contributed by atoms with Gasteiger partial charge in [-0.15, -0.1) is 0 Å². The molecule has 0 spiro atoms. The number of methoxy groups -OCH3 is 1. The van der Waals surface area contributed by atoms with Crippen LogP contribution in [0.3, 0.4) is 0 Å². The Bertz CT molecular complexity index is 582. The van der Waals surface area contributed by atoms with Crippen LogP contribution < -0.4 is 14.8 Å². The molecule has 124 valence electrons. The van der Waals surface area contributed by atoms with Crippen LogP contribution in [0.25, 0.3) is 0 Å². The van der Waals surface area contributed by atoms with Crippen LogP contribution in [0, 0.1) is 0 Å². The number of nitrogens with zero attached hydrogens (tertiary/aromatic N) is 1. The van der Waals surface area contributed by atoms with Crippen LogP contribution in [0.15, 0.2) is 24.3 Å². The van der Waals surface area contributed by atoms with Crippen molar-refractivity contribution in [1.29, 1.82) is 0 Å². The molecule has 1 aromatic rings. The molecule has 0 bridgehead atoms. The van der Waals surface area contributed by atoms with Crippen molar-refractivity contribution in [2.45, 2.75) is 37.8 Å². The fourth-order valence-corrected chi connectivity index (χ4v) is 3.11. The summed E-state index contributed by atoms with van der Waals surface area (Å²) in [5.41, 5.74) is 0. The molecule has 6 heteroatoms. The minimum absolute atomic E-state index is 0.0299. The molecule has 2 aliphatic heterocycles. The zero-order valence-electron chi connectivity index (χ0n) is 13.3. The SMILES string of the molecule is COc1ccccc1OC1CCN(C(=O)[C@@H]2CCC(=O)N2)CC1. The van der Waals surface area contributed by atoms with Gasteiger partial charge in [-0.05, 0) is 18.6 Å². The van der Waals surface area contributed by atoms with Gasteiger partial charge in [0.25, 0.3) is 0 Å². The molecule has 2 amide bonds. The van der Waals surface area contributed by atoms with Crippen LogP contribution in [-0.2, 0) is 9.59 Å². The summed E-state index contributed by atoms with van der Waals surface area (Å²) in [5.74, 6) is 1.46. The fourth-order valence-electron chi connectivity index (χ4n) is 3.11. The van der Waals surface area contributed by atoms with Gasteiger partial charge in [0, 0.05) is 32.4 Å². The maximum atomic E-state index is 12.4. The van der Waals surface area contributed by atoms with Crippen molar-refractivity contribution in [1.82, 2.24) is 10.2 Å². The van der Waals surface area contributed by atoms with Gasteiger partial charge in [0.2, 0.25) is 11.8 Å². The number of likely N-dealkylation sites (tertiary alicyclic amines) is 1. The third kappa shape index (κ3) is 3.57. The second kappa shape index (κ2) is 6.89. The standard InChI is InChI=1S/C17H22N2O4/c1-22-14-4-2-3-5-15(14)23-12-8-10-19(11-9-12)17(21)13-6-7-16(20)18-13/h2-5,12-13H,6-11H2,1H3,(H,18,20)/t13-/m0/s1. The molecule has 1 aromatic carbocycles.